The minimum atomic E-state index is -3.62. The van der Waals surface area contributed by atoms with Crippen molar-refractivity contribution >= 4 is 26.8 Å². The van der Waals surface area contributed by atoms with Gasteiger partial charge in [0.25, 0.3) is 5.91 Å². The largest absolute Gasteiger partial charge is 0.349 e. The first-order valence-electron chi connectivity index (χ1n) is 10.8. The average molecular weight is 432 g/mol. The van der Waals surface area contributed by atoms with Gasteiger partial charge in [0.2, 0.25) is 15.6 Å². The third-order valence-corrected chi connectivity index (χ3v) is 8.68. The van der Waals surface area contributed by atoms with E-state index < -0.39 is 10.0 Å². The number of hydrogen-bond acceptors (Lipinski definition) is 4. The highest BCUT2D eigenvalue weighted by molar-refractivity contribution is 7.89. The number of carbonyl (C=O) groups is 1. The van der Waals surface area contributed by atoms with Gasteiger partial charge < -0.3 is 10.3 Å². The number of pyridine rings is 1. The maximum absolute atomic E-state index is 13.1. The van der Waals surface area contributed by atoms with E-state index in [1.54, 1.807) is 6.07 Å². The summed E-state index contributed by atoms with van der Waals surface area (Å²) in [6, 6.07) is 5.90. The summed E-state index contributed by atoms with van der Waals surface area (Å²) >= 11 is 0. The van der Waals surface area contributed by atoms with Crippen molar-refractivity contribution in [1.82, 2.24) is 14.6 Å². The molecule has 3 atom stereocenters. The summed E-state index contributed by atoms with van der Waals surface area (Å²) in [5.41, 5.74) is 0.295. The standard InChI is InChI=1S/C22H29N3O4S/c1-14-6-5-7-19(15(14)2)24-22(27)18-13-21(26)23-20-9-8-16(12-17(18)20)30(28,29)25-10-3-4-11-25/h8-9,12-15,19H,3-7,10-11H2,1-2H3,(H,23,26)(H,24,27). The van der Waals surface area contributed by atoms with E-state index in [9.17, 15) is 18.0 Å². The highest BCUT2D eigenvalue weighted by Gasteiger charge is 2.30. The molecular formula is C22H29N3O4S. The van der Waals surface area contributed by atoms with Gasteiger partial charge >= 0.3 is 0 Å². The molecule has 2 aliphatic rings. The molecule has 8 heteroatoms. The number of H-pyrrole nitrogens is 1. The van der Waals surface area contributed by atoms with E-state index in [1.165, 1.54) is 22.5 Å². The Labute approximate surface area is 176 Å². The van der Waals surface area contributed by atoms with Crippen LogP contribution >= 0.6 is 0 Å². The van der Waals surface area contributed by atoms with Gasteiger partial charge in [-0.2, -0.15) is 4.31 Å². The summed E-state index contributed by atoms with van der Waals surface area (Å²) in [5, 5.41) is 3.54. The number of benzene rings is 1. The molecule has 1 aliphatic carbocycles. The van der Waals surface area contributed by atoms with Crippen LogP contribution in [0.3, 0.4) is 0 Å². The molecule has 2 N–H and O–H groups in total. The van der Waals surface area contributed by atoms with Gasteiger partial charge in [-0.05, 0) is 49.3 Å². The molecule has 0 radical (unpaired) electrons. The first-order chi connectivity index (χ1) is 14.3. The zero-order valence-electron chi connectivity index (χ0n) is 17.5. The summed E-state index contributed by atoms with van der Waals surface area (Å²) in [7, 11) is -3.62. The minimum Gasteiger partial charge on any atom is -0.349 e. The van der Waals surface area contributed by atoms with Crippen LogP contribution in [0.4, 0.5) is 0 Å². The van der Waals surface area contributed by atoms with Crippen LogP contribution in [0.25, 0.3) is 10.9 Å². The maximum atomic E-state index is 13.1. The molecule has 1 saturated heterocycles. The lowest BCUT2D eigenvalue weighted by Gasteiger charge is -2.34. The van der Waals surface area contributed by atoms with E-state index in [1.807, 2.05) is 0 Å². The molecular weight excluding hydrogens is 402 g/mol. The number of nitrogens with one attached hydrogen (secondary N) is 2. The molecule has 3 unspecified atom stereocenters. The van der Waals surface area contributed by atoms with E-state index >= 15 is 0 Å². The summed E-state index contributed by atoms with van der Waals surface area (Å²) in [6.45, 7) is 5.36. The Hall–Kier alpha value is -2.19. The zero-order valence-corrected chi connectivity index (χ0v) is 18.3. The molecule has 1 saturated carbocycles. The van der Waals surface area contributed by atoms with Crippen LogP contribution in [0.5, 0.6) is 0 Å². The molecule has 30 heavy (non-hydrogen) atoms. The number of carbonyl (C=O) groups excluding carboxylic acids is 1. The Morgan fingerprint density at radius 3 is 2.57 bits per heavy atom. The molecule has 162 valence electrons. The predicted molar refractivity (Wildman–Crippen MR) is 116 cm³/mol. The van der Waals surface area contributed by atoms with Crippen LogP contribution in [0.15, 0.2) is 34.0 Å². The van der Waals surface area contributed by atoms with Gasteiger partial charge in [-0.1, -0.05) is 26.7 Å². The first kappa shape index (κ1) is 21.1. The van der Waals surface area contributed by atoms with Crippen molar-refractivity contribution in [3.63, 3.8) is 0 Å². The number of sulfonamides is 1. The number of fused-ring (bicyclic) bond motifs is 1. The van der Waals surface area contributed by atoms with Gasteiger partial charge in [0.05, 0.1) is 10.5 Å². The summed E-state index contributed by atoms with van der Waals surface area (Å²) in [6.07, 6.45) is 4.83. The second kappa shape index (κ2) is 8.15. The fourth-order valence-corrected chi connectivity index (χ4v) is 6.23. The molecule has 0 spiro atoms. The molecule has 2 heterocycles. The van der Waals surface area contributed by atoms with Gasteiger partial charge in [0.1, 0.15) is 0 Å². The molecule has 2 fully saturated rings. The van der Waals surface area contributed by atoms with Gasteiger partial charge in [-0.15, -0.1) is 0 Å². The summed E-state index contributed by atoms with van der Waals surface area (Å²) in [4.78, 5) is 28.1. The van der Waals surface area contributed by atoms with Gasteiger partial charge in [0.15, 0.2) is 0 Å². The SMILES string of the molecule is CC1CCCC(NC(=O)c2cc(=O)[nH]c3ccc(S(=O)(=O)N4CCCC4)cc23)C1C. The average Bonchev–Trinajstić information content (AvgIpc) is 3.26. The Bertz CT molecular complexity index is 1120. The van der Waals surface area contributed by atoms with Crippen LogP contribution in [0.1, 0.15) is 56.3 Å². The van der Waals surface area contributed by atoms with Crippen molar-refractivity contribution in [2.45, 2.75) is 56.9 Å². The molecule has 0 bridgehead atoms. The number of aromatic amines is 1. The lowest BCUT2D eigenvalue weighted by atomic mass is 9.78. The van der Waals surface area contributed by atoms with E-state index in [-0.39, 0.29) is 28.0 Å². The Balaban J connectivity index is 1.71. The predicted octanol–water partition coefficient (Wildman–Crippen LogP) is 2.87. The molecule has 1 aromatic carbocycles. The monoisotopic (exact) mass is 431 g/mol. The number of aromatic nitrogens is 1. The second-order valence-corrected chi connectivity index (χ2v) is 10.7. The Morgan fingerprint density at radius 1 is 1.10 bits per heavy atom. The van der Waals surface area contributed by atoms with Crippen LogP contribution in [-0.4, -0.2) is 42.7 Å². The van der Waals surface area contributed by atoms with E-state index in [2.05, 4.69) is 24.1 Å². The van der Waals surface area contributed by atoms with Crippen molar-refractivity contribution in [1.29, 1.82) is 0 Å². The summed E-state index contributed by atoms with van der Waals surface area (Å²) in [5.74, 6) is 0.548. The van der Waals surface area contributed by atoms with Crippen molar-refractivity contribution in [3.05, 3.63) is 40.2 Å². The normalized spacial score (nSPS) is 25.5. The maximum Gasteiger partial charge on any atom is 0.252 e. The lowest BCUT2D eigenvalue weighted by molar-refractivity contribution is 0.0892. The molecule has 1 aliphatic heterocycles. The van der Waals surface area contributed by atoms with Crippen LogP contribution < -0.4 is 10.9 Å². The number of rotatable bonds is 4. The molecule has 1 amide bonds. The number of hydrogen-bond donors (Lipinski definition) is 2. The van der Waals surface area contributed by atoms with E-state index in [0.717, 1.165) is 32.1 Å². The smallest absolute Gasteiger partial charge is 0.252 e. The lowest BCUT2D eigenvalue weighted by Crippen LogP contribution is -2.44. The van der Waals surface area contributed by atoms with Crippen LogP contribution in [0.2, 0.25) is 0 Å². The Morgan fingerprint density at radius 2 is 1.83 bits per heavy atom. The number of amides is 1. The molecule has 2 aromatic rings. The molecule has 7 nitrogen and oxygen atoms in total. The minimum absolute atomic E-state index is 0.0482. The van der Waals surface area contributed by atoms with Crippen LogP contribution in [-0.2, 0) is 10.0 Å². The van der Waals surface area contributed by atoms with Crippen molar-refractivity contribution in [2.24, 2.45) is 11.8 Å². The van der Waals surface area contributed by atoms with Crippen molar-refractivity contribution < 1.29 is 13.2 Å². The van der Waals surface area contributed by atoms with Crippen molar-refractivity contribution in [3.8, 4) is 0 Å². The highest BCUT2D eigenvalue weighted by atomic mass is 32.2. The third kappa shape index (κ3) is 3.90. The summed E-state index contributed by atoms with van der Waals surface area (Å²) < 4.78 is 27.4. The second-order valence-electron chi connectivity index (χ2n) is 8.71. The molecule has 1 aromatic heterocycles. The van der Waals surface area contributed by atoms with Gasteiger partial charge in [0, 0.05) is 36.1 Å². The fourth-order valence-electron chi connectivity index (χ4n) is 4.69. The van der Waals surface area contributed by atoms with E-state index in [4.69, 9.17) is 0 Å². The number of nitrogens with zero attached hydrogens (tertiary/aromatic N) is 1. The fraction of sp³-hybridized carbons (Fsp3) is 0.545. The van der Waals surface area contributed by atoms with Crippen molar-refractivity contribution in [2.75, 3.05) is 13.1 Å². The molecule has 4 rings (SSSR count). The third-order valence-electron chi connectivity index (χ3n) is 6.79. The van der Waals surface area contributed by atoms with Crippen LogP contribution in [0, 0.1) is 11.8 Å². The topological polar surface area (TPSA) is 99.3 Å². The van der Waals surface area contributed by atoms with Gasteiger partial charge in [-0.25, -0.2) is 8.42 Å². The Kier molecular flexibility index (Phi) is 5.72. The quantitative estimate of drug-likeness (QED) is 0.777. The van der Waals surface area contributed by atoms with Gasteiger partial charge in [-0.3, -0.25) is 9.59 Å². The first-order valence-corrected chi connectivity index (χ1v) is 12.2. The highest BCUT2D eigenvalue weighted by Crippen LogP contribution is 2.30. The zero-order chi connectivity index (χ0) is 21.5. The van der Waals surface area contributed by atoms with E-state index in [0.29, 0.717) is 35.8 Å².